The molecule has 1 atom stereocenters. The Bertz CT molecular complexity index is 371. The molecule has 15 heavy (non-hydrogen) atoms. The summed E-state index contributed by atoms with van der Waals surface area (Å²) in [6.07, 6.45) is 3.24. The molecule has 6 nitrogen and oxygen atoms in total. The number of hydrogen-bond acceptors (Lipinski definition) is 5. The van der Waals surface area contributed by atoms with Crippen molar-refractivity contribution in [1.82, 2.24) is 21.0 Å². The second kappa shape index (κ2) is 4.14. The molecule has 80 valence electrons. The summed E-state index contributed by atoms with van der Waals surface area (Å²) in [6.45, 7) is 2.14. The van der Waals surface area contributed by atoms with Crippen molar-refractivity contribution in [1.29, 1.82) is 0 Å². The van der Waals surface area contributed by atoms with E-state index in [2.05, 4.69) is 21.0 Å². The van der Waals surface area contributed by atoms with Gasteiger partial charge in [-0.05, 0) is 13.0 Å². The fourth-order valence-corrected chi connectivity index (χ4v) is 1.43. The highest BCUT2D eigenvalue weighted by Gasteiger charge is 2.28. The van der Waals surface area contributed by atoms with Gasteiger partial charge in [0.1, 0.15) is 6.04 Å². The molecular weight excluding hydrogens is 196 g/mol. The van der Waals surface area contributed by atoms with Gasteiger partial charge in [0.2, 0.25) is 0 Å². The van der Waals surface area contributed by atoms with E-state index in [1.165, 1.54) is 0 Å². The molecule has 0 saturated heterocycles. The lowest BCUT2D eigenvalue weighted by Crippen LogP contribution is -2.27. The third kappa shape index (κ3) is 1.84. The van der Waals surface area contributed by atoms with Crippen LogP contribution in [0.15, 0.2) is 24.0 Å². The van der Waals surface area contributed by atoms with Crippen LogP contribution < -0.4 is 10.9 Å². The smallest absolute Gasteiger partial charge is 0.337 e. The van der Waals surface area contributed by atoms with E-state index >= 15 is 0 Å². The maximum absolute atomic E-state index is 11.5. The van der Waals surface area contributed by atoms with Gasteiger partial charge < -0.3 is 10.2 Å². The third-order valence-corrected chi connectivity index (χ3v) is 2.11. The first-order valence-electron chi connectivity index (χ1n) is 4.70. The molecule has 0 amide bonds. The number of carbonyl (C=O) groups excluding carboxylic acids is 1. The van der Waals surface area contributed by atoms with Gasteiger partial charge in [0.25, 0.3) is 0 Å². The van der Waals surface area contributed by atoms with Gasteiger partial charge in [-0.2, -0.15) is 5.10 Å². The first-order valence-corrected chi connectivity index (χ1v) is 4.70. The number of carbonyl (C=O) groups is 1. The molecule has 0 aliphatic carbocycles. The fraction of sp³-hybridized carbons (Fsp3) is 0.333. The van der Waals surface area contributed by atoms with Gasteiger partial charge >= 0.3 is 5.97 Å². The van der Waals surface area contributed by atoms with Crippen molar-refractivity contribution in [2.45, 2.75) is 13.0 Å². The number of hydrazine groups is 1. The molecule has 0 bridgehead atoms. The minimum atomic E-state index is -0.324. The van der Waals surface area contributed by atoms with E-state index in [-0.39, 0.29) is 12.0 Å². The van der Waals surface area contributed by atoms with E-state index in [0.29, 0.717) is 12.2 Å². The van der Waals surface area contributed by atoms with Crippen LogP contribution in [0.5, 0.6) is 0 Å². The van der Waals surface area contributed by atoms with Gasteiger partial charge in [0.15, 0.2) is 0 Å². The third-order valence-electron chi connectivity index (χ3n) is 2.11. The Morgan fingerprint density at radius 2 is 2.53 bits per heavy atom. The van der Waals surface area contributed by atoms with Gasteiger partial charge in [0, 0.05) is 12.4 Å². The molecule has 0 spiro atoms. The van der Waals surface area contributed by atoms with Gasteiger partial charge in [0.05, 0.1) is 17.9 Å². The van der Waals surface area contributed by atoms with E-state index in [0.717, 1.165) is 5.69 Å². The maximum Gasteiger partial charge on any atom is 0.337 e. The largest absolute Gasteiger partial charge is 0.463 e. The molecule has 1 aliphatic rings. The lowest BCUT2D eigenvalue weighted by atomic mass is 10.1. The number of hydrogen-bond donors (Lipinski definition) is 3. The predicted octanol–water partition coefficient (Wildman–Crippen LogP) is 0.00560. The Labute approximate surface area is 86.7 Å². The highest BCUT2D eigenvalue weighted by atomic mass is 16.5. The number of H-pyrrole nitrogens is 1. The van der Waals surface area contributed by atoms with Gasteiger partial charge in [-0.3, -0.25) is 5.10 Å². The summed E-state index contributed by atoms with van der Waals surface area (Å²) in [5.74, 6) is -0.324. The zero-order chi connectivity index (χ0) is 10.7. The summed E-state index contributed by atoms with van der Waals surface area (Å²) in [5.41, 5.74) is 7.08. The van der Waals surface area contributed by atoms with Crippen LogP contribution in [0, 0.1) is 0 Å². The lowest BCUT2D eigenvalue weighted by Gasteiger charge is -2.11. The molecule has 0 aromatic carbocycles. The number of rotatable bonds is 3. The molecule has 2 heterocycles. The molecule has 0 radical (unpaired) electrons. The highest BCUT2D eigenvalue weighted by Crippen LogP contribution is 2.22. The van der Waals surface area contributed by atoms with Crippen LogP contribution >= 0.6 is 0 Å². The number of aromatic nitrogens is 2. The zero-order valence-electron chi connectivity index (χ0n) is 8.28. The monoisotopic (exact) mass is 208 g/mol. The summed E-state index contributed by atoms with van der Waals surface area (Å²) in [7, 11) is 0. The first kappa shape index (κ1) is 9.72. The van der Waals surface area contributed by atoms with Crippen LogP contribution in [0.2, 0.25) is 0 Å². The average Bonchev–Trinajstić information content (AvgIpc) is 2.88. The summed E-state index contributed by atoms with van der Waals surface area (Å²) in [5, 5.41) is 6.64. The Hall–Kier alpha value is -1.82. The van der Waals surface area contributed by atoms with Crippen LogP contribution in [0.25, 0.3) is 0 Å². The Kier molecular flexibility index (Phi) is 2.68. The average molecular weight is 208 g/mol. The second-order valence-corrected chi connectivity index (χ2v) is 3.05. The zero-order valence-corrected chi connectivity index (χ0v) is 8.28. The first-order chi connectivity index (χ1) is 7.33. The molecule has 1 unspecified atom stereocenters. The quantitative estimate of drug-likeness (QED) is 0.610. The predicted molar refractivity (Wildman–Crippen MR) is 52.3 cm³/mol. The van der Waals surface area contributed by atoms with Gasteiger partial charge in [-0.15, -0.1) is 0 Å². The van der Waals surface area contributed by atoms with Crippen molar-refractivity contribution >= 4 is 5.97 Å². The Morgan fingerprint density at radius 1 is 1.67 bits per heavy atom. The number of nitrogens with one attached hydrogen (secondary N) is 3. The normalized spacial score (nSPS) is 19.5. The van der Waals surface area contributed by atoms with Crippen molar-refractivity contribution in [3.8, 4) is 0 Å². The summed E-state index contributed by atoms with van der Waals surface area (Å²) in [4.78, 5) is 11.5. The van der Waals surface area contributed by atoms with Crippen LogP contribution in [-0.2, 0) is 9.53 Å². The molecule has 1 aromatic heterocycles. The van der Waals surface area contributed by atoms with E-state index in [9.17, 15) is 4.79 Å². The van der Waals surface area contributed by atoms with Crippen LogP contribution in [0.3, 0.4) is 0 Å². The van der Waals surface area contributed by atoms with Crippen molar-refractivity contribution in [3.05, 3.63) is 29.7 Å². The minimum absolute atomic E-state index is 0.230. The summed E-state index contributed by atoms with van der Waals surface area (Å²) < 4.78 is 4.93. The number of esters is 1. The molecule has 0 saturated carbocycles. The van der Waals surface area contributed by atoms with E-state index in [1.54, 1.807) is 25.4 Å². The van der Waals surface area contributed by atoms with E-state index in [1.807, 2.05) is 0 Å². The van der Waals surface area contributed by atoms with Crippen LogP contribution in [0.1, 0.15) is 18.7 Å². The Morgan fingerprint density at radius 3 is 3.20 bits per heavy atom. The fourth-order valence-electron chi connectivity index (χ4n) is 1.43. The number of aromatic amines is 1. The highest BCUT2D eigenvalue weighted by molar-refractivity contribution is 5.90. The molecule has 1 aliphatic heterocycles. The molecule has 2 rings (SSSR count). The minimum Gasteiger partial charge on any atom is -0.463 e. The van der Waals surface area contributed by atoms with Crippen molar-refractivity contribution < 1.29 is 9.53 Å². The molecule has 3 N–H and O–H groups in total. The summed E-state index contributed by atoms with van der Waals surface area (Å²) in [6, 6.07) is 1.57. The summed E-state index contributed by atoms with van der Waals surface area (Å²) >= 11 is 0. The van der Waals surface area contributed by atoms with Crippen molar-refractivity contribution in [3.63, 3.8) is 0 Å². The molecule has 0 fully saturated rings. The number of nitrogens with zero attached hydrogens (tertiary/aromatic N) is 1. The molecule has 6 heteroatoms. The standard InChI is InChI=1S/C9H12N4O2/c1-2-15-9(14)6-5-11-13-8(6)7-3-4-10-12-7/h3-5,8,11,13H,2H2,1H3,(H,10,12). The van der Waals surface area contributed by atoms with Crippen LogP contribution in [-0.4, -0.2) is 22.8 Å². The Balaban J connectivity index is 2.15. The number of ether oxygens (including phenoxy) is 1. The molecule has 1 aromatic rings. The van der Waals surface area contributed by atoms with Gasteiger partial charge in [-0.1, -0.05) is 0 Å². The second-order valence-electron chi connectivity index (χ2n) is 3.05. The van der Waals surface area contributed by atoms with Gasteiger partial charge in [-0.25, -0.2) is 10.2 Å². The van der Waals surface area contributed by atoms with Crippen molar-refractivity contribution in [2.24, 2.45) is 0 Å². The topological polar surface area (TPSA) is 79.0 Å². The SMILES string of the molecule is CCOC(=O)C1=CNNC1c1ccn[nH]1. The maximum atomic E-state index is 11.5. The van der Waals surface area contributed by atoms with E-state index < -0.39 is 0 Å². The van der Waals surface area contributed by atoms with Crippen molar-refractivity contribution in [2.75, 3.05) is 6.61 Å². The molecular formula is C9H12N4O2. The van der Waals surface area contributed by atoms with Crippen LogP contribution in [0.4, 0.5) is 0 Å². The lowest BCUT2D eigenvalue weighted by molar-refractivity contribution is -0.138. The van der Waals surface area contributed by atoms with E-state index in [4.69, 9.17) is 4.74 Å².